The first-order valence-corrected chi connectivity index (χ1v) is 6.52. The number of phenols is 1. The van der Waals surface area contributed by atoms with Crippen LogP contribution >= 0.6 is 15.9 Å². The summed E-state index contributed by atoms with van der Waals surface area (Å²) in [5.74, 6) is -0.243. The molecule has 0 fully saturated rings. The lowest BCUT2D eigenvalue weighted by Gasteiger charge is -2.28. The molecule has 1 aromatic carbocycles. The SMILES string of the molecule is CCC(C)(CC)NC(=O)c1ccc(Br)cc1O. The average molecular weight is 300 g/mol. The number of amides is 1. The number of aromatic hydroxyl groups is 1. The fraction of sp³-hybridized carbons (Fsp3) is 0.462. The van der Waals surface area contributed by atoms with E-state index in [1.54, 1.807) is 12.1 Å². The van der Waals surface area contributed by atoms with E-state index >= 15 is 0 Å². The van der Waals surface area contributed by atoms with Gasteiger partial charge in [-0.15, -0.1) is 0 Å². The van der Waals surface area contributed by atoms with Gasteiger partial charge < -0.3 is 10.4 Å². The summed E-state index contributed by atoms with van der Waals surface area (Å²) in [5, 5.41) is 12.7. The molecular formula is C13H18BrNO2. The molecule has 0 aliphatic rings. The van der Waals surface area contributed by atoms with Gasteiger partial charge in [0.2, 0.25) is 0 Å². The molecule has 0 saturated carbocycles. The molecule has 0 spiro atoms. The fourth-order valence-electron chi connectivity index (χ4n) is 1.47. The van der Waals surface area contributed by atoms with E-state index in [4.69, 9.17) is 0 Å². The highest BCUT2D eigenvalue weighted by atomic mass is 79.9. The number of rotatable bonds is 4. The Morgan fingerprint density at radius 3 is 2.47 bits per heavy atom. The van der Waals surface area contributed by atoms with Crippen molar-refractivity contribution in [1.82, 2.24) is 5.32 Å². The average Bonchev–Trinajstić information content (AvgIpc) is 2.28. The predicted octanol–water partition coefficient (Wildman–Crippen LogP) is 3.46. The van der Waals surface area contributed by atoms with E-state index in [-0.39, 0.29) is 17.2 Å². The molecule has 0 atom stereocenters. The van der Waals surface area contributed by atoms with E-state index in [9.17, 15) is 9.90 Å². The third kappa shape index (κ3) is 3.46. The number of nitrogens with one attached hydrogen (secondary N) is 1. The van der Waals surface area contributed by atoms with Crippen molar-refractivity contribution in [3.63, 3.8) is 0 Å². The minimum absolute atomic E-state index is 0.00793. The van der Waals surface area contributed by atoms with E-state index < -0.39 is 0 Å². The smallest absolute Gasteiger partial charge is 0.255 e. The third-order valence-electron chi connectivity index (χ3n) is 3.18. The first kappa shape index (κ1) is 14.0. The van der Waals surface area contributed by atoms with Gasteiger partial charge in [-0.3, -0.25) is 4.79 Å². The minimum Gasteiger partial charge on any atom is -0.507 e. The van der Waals surface area contributed by atoms with Crippen molar-refractivity contribution in [3.05, 3.63) is 28.2 Å². The molecule has 1 amide bonds. The van der Waals surface area contributed by atoms with Gasteiger partial charge in [-0.2, -0.15) is 0 Å². The zero-order valence-corrected chi connectivity index (χ0v) is 12.0. The van der Waals surface area contributed by atoms with Crippen molar-refractivity contribution in [3.8, 4) is 5.75 Å². The number of benzene rings is 1. The first-order valence-electron chi connectivity index (χ1n) is 5.73. The molecule has 1 aromatic rings. The first-order chi connectivity index (χ1) is 7.91. The summed E-state index contributed by atoms with van der Waals surface area (Å²) >= 11 is 3.24. The zero-order chi connectivity index (χ0) is 13.1. The molecule has 0 aliphatic carbocycles. The van der Waals surface area contributed by atoms with Crippen LogP contribution in [0.4, 0.5) is 0 Å². The van der Waals surface area contributed by atoms with E-state index in [1.807, 2.05) is 20.8 Å². The molecule has 94 valence electrons. The van der Waals surface area contributed by atoms with Gasteiger partial charge in [0, 0.05) is 10.0 Å². The largest absolute Gasteiger partial charge is 0.507 e. The van der Waals surface area contributed by atoms with Crippen LogP contribution in [0.3, 0.4) is 0 Å². The second-order valence-corrected chi connectivity index (χ2v) is 5.30. The van der Waals surface area contributed by atoms with Crippen molar-refractivity contribution in [1.29, 1.82) is 0 Å². The van der Waals surface area contributed by atoms with Crippen molar-refractivity contribution in [2.45, 2.75) is 39.2 Å². The monoisotopic (exact) mass is 299 g/mol. The van der Waals surface area contributed by atoms with Crippen LogP contribution in [-0.4, -0.2) is 16.6 Å². The van der Waals surface area contributed by atoms with Crippen molar-refractivity contribution in [2.75, 3.05) is 0 Å². The van der Waals surface area contributed by atoms with Gasteiger partial charge >= 0.3 is 0 Å². The molecule has 0 saturated heterocycles. The second-order valence-electron chi connectivity index (χ2n) is 4.38. The Kier molecular flexibility index (Phi) is 4.57. The Hall–Kier alpha value is -1.03. The van der Waals surface area contributed by atoms with E-state index in [1.165, 1.54) is 6.07 Å². The molecule has 1 rings (SSSR count). The van der Waals surface area contributed by atoms with E-state index in [0.29, 0.717) is 5.56 Å². The lowest BCUT2D eigenvalue weighted by atomic mass is 9.95. The highest BCUT2D eigenvalue weighted by molar-refractivity contribution is 9.10. The Morgan fingerprint density at radius 1 is 1.41 bits per heavy atom. The molecular weight excluding hydrogens is 282 g/mol. The van der Waals surface area contributed by atoms with Gasteiger partial charge in [-0.25, -0.2) is 0 Å². The normalized spacial score (nSPS) is 11.3. The van der Waals surface area contributed by atoms with E-state index in [0.717, 1.165) is 17.3 Å². The van der Waals surface area contributed by atoms with E-state index in [2.05, 4.69) is 21.2 Å². The lowest BCUT2D eigenvalue weighted by Crippen LogP contribution is -2.44. The number of carbonyl (C=O) groups excluding carboxylic acids is 1. The topological polar surface area (TPSA) is 49.3 Å². The number of hydrogen-bond acceptors (Lipinski definition) is 2. The Bertz CT molecular complexity index is 414. The highest BCUT2D eigenvalue weighted by Gasteiger charge is 2.23. The zero-order valence-electron chi connectivity index (χ0n) is 10.4. The maximum Gasteiger partial charge on any atom is 0.255 e. The number of hydrogen-bond donors (Lipinski definition) is 2. The summed E-state index contributed by atoms with van der Waals surface area (Å²) < 4.78 is 0.750. The molecule has 17 heavy (non-hydrogen) atoms. The van der Waals surface area contributed by atoms with Gasteiger partial charge in [0.25, 0.3) is 5.91 Å². The molecule has 3 nitrogen and oxygen atoms in total. The number of carbonyl (C=O) groups is 1. The van der Waals surface area contributed by atoms with Crippen molar-refractivity contribution in [2.24, 2.45) is 0 Å². The molecule has 0 radical (unpaired) electrons. The van der Waals surface area contributed by atoms with Crippen LogP contribution in [0.2, 0.25) is 0 Å². The summed E-state index contributed by atoms with van der Waals surface area (Å²) in [7, 11) is 0. The Labute approximate surface area is 110 Å². The Morgan fingerprint density at radius 2 is 2.00 bits per heavy atom. The van der Waals surface area contributed by atoms with Gasteiger partial charge in [0.05, 0.1) is 5.56 Å². The van der Waals surface area contributed by atoms with Crippen LogP contribution in [0.1, 0.15) is 44.0 Å². The maximum atomic E-state index is 12.0. The third-order valence-corrected chi connectivity index (χ3v) is 3.67. The molecule has 0 aromatic heterocycles. The molecule has 0 bridgehead atoms. The lowest BCUT2D eigenvalue weighted by molar-refractivity contribution is 0.0898. The van der Waals surface area contributed by atoms with Gasteiger partial charge in [-0.1, -0.05) is 29.8 Å². The van der Waals surface area contributed by atoms with Crippen LogP contribution in [-0.2, 0) is 0 Å². The van der Waals surface area contributed by atoms with Crippen molar-refractivity contribution < 1.29 is 9.90 Å². The van der Waals surface area contributed by atoms with Crippen LogP contribution in [0.15, 0.2) is 22.7 Å². The number of halogens is 1. The van der Waals surface area contributed by atoms with Crippen LogP contribution in [0.25, 0.3) is 0 Å². The maximum absolute atomic E-state index is 12.0. The van der Waals surface area contributed by atoms with Gasteiger partial charge in [-0.05, 0) is 38.0 Å². The summed E-state index contributed by atoms with van der Waals surface area (Å²) in [6.07, 6.45) is 1.71. The van der Waals surface area contributed by atoms with Gasteiger partial charge in [0.15, 0.2) is 0 Å². The summed E-state index contributed by atoms with van der Waals surface area (Å²) in [5.41, 5.74) is 0.0812. The van der Waals surface area contributed by atoms with Gasteiger partial charge in [0.1, 0.15) is 5.75 Å². The quantitative estimate of drug-likeness (QED) is 0.894. The van der Waals surface area contributed by atoms with Crippen LogP contribution < -0.4 is 5.32 Å². The van der Waals surface area contributed by atoms with Crippen LogP contribution in [0.5, 0.6) is 5.75 Å². The summed E-state index contributed by atoms with van der Waals surface area (Å²) in [6, 6.07) is 4.87. The summed E-state index contributed by atoms with van der Waals surface area (Å²) in [6.45, 7) is 6.07. The van der Waals surface area contributed by atoms with Crippen LogP contribution in [0, 0.1) is 0 Å². The number of phenolic OH excluding ortho intramolecular Hbond substituents is 1. The fourth-order valence-corrected chi connectivity index (χ4v) is 1.81. The van der Waals surface area contributed by atoms with Crippen molar-refractivity contribution >= 4 is 21.8 Å². The standard InChI is InChI=1S/C13H18BrNO2/c1-4-13(3,5-2)15-12(17)10-7-6-9(14)8-11(10)16/h6-8,16H,4-5H2,1-3H3,(H,15,17). The second kappa shape index (κ2) is 5.54. The molecule has 0 aliphatic heterocycles. The predicted molar refractivity (Wildman–Crippen MR) is 72.3 cm³/mol. The minimum atomic E-state index is -0.235. The highest BCUT2D eigenvalue weighted by Crippen LogP contribution is 2.23. The molecule has 0 unspecified atom stereocenters. The molecule has 2 N–H and O–H groups in total. The molecule has 4 heteroatoms. The molecule has 0 heterocycles. The summed E-state index contributed by atoms with van der Waals surface area (Å²) in [4.78, 5) is 12.0. The Balaban J connectivity index is 2.90.